The van der Waals surface area contributed by atoms with Crippen LogP contribution in [0.5, 0.6) is 0 Å². The Hall–Kier alpha value is -0.380. The van der Waals surface area contributed by atoms with Gasteiger partial charge in [-0.1, -0.05) is 35.0 Å². The van der Waals surface area contributed by atoms with Gasteiger partial charge in [-0.2, -0.15) is 0 Å². The van der Waals surface area contributed by atoms with Gasteiger partial charge in [0.05, 0.1) is 5.60 Å². The Balaban J connectivity index is 1.43. The summed E-state index contributed by atoms with van der Waals surface area (Å²) < 4.78 is 1.17. The molecule has 1 aromatic carbocycles. The molecule has 3 heteroatoms. The molecule has 0 saturated heterocycles. The van der Waals surface area contributed by atoms with E-state index in [-0.39, 0.29) is 0 Å². The maximum absolute atomic E-state index is 10.6. The van der Waals surface area contributed by atoms with E-state index in [4.69, 9.17) is 0 Å². The summed E-state index contributed by atoms with van der Waals surface area (Å²) in [6.07, 6.45) is 6.66. The molecule has 2 saturated carbocycles. The summed E-state index contributed by atoms with van der Waals surface area (Å²) in [4.78, 5) is 0. The molecule has 2 nitrogen and oxygen atoms in total. The summed E-state index contributed by atoms with van der Waals surface area (Å²) in [6, 6.07) is 9.24. The molecule has 0 radical (unpaired) electrons. The Labute approximate surface area is 136 Å². The summed E-state index contributed by atoms with van der Waals surface area (Å²) in [5.41, 5.74) is 0.987. The summed E-state index contributed by atoms with van der Waals surface area (Å²) in [5, 5.41) is 14.2. The Kier molecular flexibility index (Phi) is 4.72. The first-order chi connectivity index (χ1) is 10.0. The van der Waals surface area contributed by atoms with Crippen LogP contribution < -0.4 is 5.32 Å². The molecule has 0 atom stereocenters. The Morgan fingerprint density at radius 1 is 1.29 bits per heavy atom. The van der Waals surface area contributed by atoms with Crippen LogP contribution >= 0.6 is 15.9 Å². The molecule has 0 heterocycles. The maximum Gasteiger partial charge on any atom is 0.0771 e. The molecular formula is C18H26BrNO. The van der Waals surface area contributed by atoms with Gasteiger partial charge in [-0.05, 0) is 68.1 Å². The van der Waals surface area contributed by atoms with Crippen LogP contribution in [0.4, 0.5) is 0 Å². The lowest BCUT2D eigenvalue weighted by atomic mass is 9.75. The number of halogens is 1. The Morgan fingerprint density at radius 3 is 2.67 bits per heavy atom. The maximum atomic E-state index is 10.6. The normalized spacial score (nSPS) is 36.2. The third-order valence-electron chi connectivity index (χ3n) is 5.38. The largest absolute Gasteiger partial charge is 0.389 e. The van der Waals surface area contributed by atoms with E-state index in [1.807, 2.05) is 0 Å². The highest BCUT2D eigenvalue weighted by Gasteiger charge is 2.35. The number of hydrogen-bond donors (Lipinski definition) is 2. The third-order valence-corrected chi connectivity index (χ3v) is 5.88. The van der Waals surface area contributed by atoms with Gasteiger partial charge in [0.25, 0.3) is 0 Å². The van der Waals surface area contributed by atoms with Gasteiger partial charge in [0.1, 0.15) is 0 Å². The van der Waals surface area contributed by atoms with Gasteiger partial charge in [-0.15, -0.1) is 0 Å². The zero-order valence-electron chi connectivity index (χ0n) is 12.8. The van der Waals surface area contributed by atoms with Crippen LogP contribution in [-0.2, 0) is 0 Å². The molecule has 0 bridgehead atoms. The van der Waals surface area contributed by atoms with E-state index in [0.29, 0.717) is 12.0 Å². The highest BCUT2D eigenvalue weighted by Crippen LogP contribution is 2.38. The van der Waals surface area contributed by atoms with E-state index in [2.05, 4.69) is 52.4 Å². The Bertz CT molecular complexity index is 476. The van der Waals surface area contributed by atoms with Crippen LogP contribution in [0.25, 0.3) is 0 Å². The molecule has 2 fully saturated rings. The predicted octanol–water partition coefficient (Wildman–Crippen LogP) is 4.23. The molecule has 0 unspecified atom stereocenters. The summed E-state index contributed by atoms with van der Waals surface area (Å²) in [7, 11) is 0. The average molecular weight is 352 g/mol. The van der Waals surface area contributed by atoms with Crippen LogP contribution in [0, 0.1) is 5.92 Å². The van der Waals surface area contributed by atoms with Crippen molar-refractivity contribution in [2.45, 2.75) is 63.0 Å². The van der Waals surface area contributed by atoms with E-state index in [1.165, 1.54) is 35.7 Å². The van der Waals surface area contributed by atoms with Crippen LogP contribution in [0.1, 0.15) is 56.9 Å². The number of benzene rings is 1. The van der Waals surface area contributed by atoms with Crippen LogP contribution in [0.3, 0.4) is 0 Å². The lowest BCUT2D eigenvalue weighted by Crippen LogP contribution is -2.49. The van der Waals surface area contributed by atoms with Crippen molar-refractivity contribution in [2.75, 3.05) is 6.54 Å². The van der Waals surface area contributed by atoms with Crippen molar-refractivity contribution >= 4 is 15.9 Å². The lowest BCUT2D eigenvalue weighted by molar-refractivity contribution is -0.0108. The minimum absolute atomic E-state index is 0.451. The van der Waals surface area contributed by atoms with Crippen LogP contribution in [0.15, 0.2) is 28.7 Å². The topological polar surface area (TPSA) is 32.3 Å². The first-order valence-corrected chi connectivity index (χ1v) is 9.05. The van der Waals surface area contributed by atoms with Gasteiger partial charge in [0.15, 0.2) is 0 Å². The van der Waals surface area contributed by atoms with E-state index >= 15 is 0 Å². The lowest BCUT2D eigenvalue weighted by Gasteiger charge is -2.41. The molecule has 2 aliphatic carbocycles. The molecule has 0 amide bonds. The van der Waals surface area contributed by atoms with Crippen LogP contribution in [-0.4, -0.2) is 23.3 Å². The number of nitrogens with one attached hydrogen (secondary N) is 1. The number of rotatable bonds is 4. The standard InChI is InChI=1S/C18H26BrNO/c1-13-5-7-18(21,8-6-13)12-20-17-10-15(11-17)14-3-2-4-16(19)9-14/h2-4,9,13,15,17,20-21H,5-8,10-12H2,1H3. The van der Waals surface area contributed by atoms with Crippen molar-refractivity contribution in [3.05, 3.63) is 34.3 Å². The van der Waals surface area contributed by atoms with E-state index in [9.17, 15) is 5.11 Å². The van der Waals surface area contributed by atoms with Crippen LogP contribution in [0.2, 0.25) is 0 Å². The molecule has 116 valence electrons. The number of aliphatic hydroxyl groups is 1. The van der Waals surface area contributed by atoms with Gasteiger partial charge < -0.3 is 10.4 Å². The van der Waals surface area contributed by atoms with Gasteiger partial charge >= 0.3 is 0 Å². The highest BCUT2D eigenvalue weighted by atomic mass is 79.9. The fourth-order valence-corrected chi connectivity index (χ4v) is 4.04. The fourth-order valence-electron chi connectivity index (χ4n) is 3.63. The SMILES string of the molecule is CC1CCC(O)(CNC2CC(c3cccc(Br)c3)C2)CC1. The quantitative estimate of drug-likeness (QED) is 0.850. The molecule has 3 rings (SSSR count). The van der Waals surface area contributed by atoms with Gasteiger partial charge in [0, 0.05) is 17.1 Å². The second-order valence-corrected chi connectivity index (χ2v) is 8.12. The van der Waals surface area contributed by atoms with E-state index < -0.39 is 5.60 Å². The molecule has 0 aromatic heterocycles. The van der Waals surface area contributed by atoms with Gasteiger partial charge in [-0.3, -0.25) is 0 Å². The first-order valence-electron chi connectivity index (χ1n) is 8.25. The summed E-state index contributed by atoms with van der Waals surface area (Å²) in [5.74, 6) is 1.47. The van der Waals surface area contributed by atoms with Crippen molar-refractivity contribution in [1.29, 1.82) is 0 Å². The van der Waals surface area contributed by atoms with E-state index in [0.717, 1.165) is 25.3 Å². The zero-order chi connectivity index (χ0) is 14.9. The predicted molar refractivity (Wildman–Crippen MR) is 90.5 cm³/mol. The van der Waals surface area contributed by atoms with Crippen molar-refractivity contribution in [3.8, 4) is 0 Å². The smallest absolute Gasteiger partial charge is 0.0771 e. The highest BCUT2D eigenvalue weighted by molar-refractivity contribution is 9.10. The number of hydrogen-bond acceptors (Lipinski definition) is 2. The molecular weight excluding hydrogens is 326 g/mol. The monoisotopic (exact) mass is 351 g/mol. The second kappa shape index (κ2) is 6.39. The van der Waals surface area contributed by atoms with Gasteiger partial charge in [0.2, 0.25) is 0 Å². The summed E-state index contributed by atoms with van der Waals surface area (Å²) >= 11 is 3.54. The third kappa shape index (κ3) is 3.88. The Morgan fingerprint density at radius 2 is 2.00 bits per heavy atom. The minimum atomic E-state index is -0.451. The van der Waals surface area contributed by atoms with Crippen molar-refractivity contribution < 1.29 is 5.11 Å². The summed E-state index contributed by atoms with van der Waals surface area (Å²) in [6.45, 7) is 3.07. The second-order valence-electron chi connectivity index (χ2n) is 7.21. The first kappa shape index (κ1) is 15.5. The van der Waals surface area contributed by atoms with Crippen molar-refractivity contribution in [1.82, 2.24) is 5.32 Å². The van der Waals surface area contributed by atoms with Crippen molar-refractivity contribution in [2.24, 2.45) is 5.92 Å². The molecule has 0 spiro atoms. The molecule has 2 aliphatic rings. The van der Waals surface area contributed by atoms with Gasteiger partial charge in [-0.25, -0.2) is 0 Å². The fraction of sp³-hybridized carbons (Fsp3) is 0.667. The molecule has 21 heavy (non-hydrogen) atoms. The average Bonchev–Trinajstić information content (AvgIpc) is 2.41. The molecule has 2 N–H and O–H groups in total. The minimum Gasteiger partial charge on any atom is -0.389 e. The molecule has 1 aromatic rings. The van der Waals surface area contributed by atoms with E-state index in [1.54, 1.807) is 0 Å². The van der Waals surface area contributed by atoms with Crippen molar-refractivity contribution in [3.63, 3.8) is 0 Å². The zero-order valence-corrected chi connectivity index (χ0v) is 14.4. The molecule has 0 aliphatic heterocycles.